The molecule has 0 saturated heterocycles. The molecule has 23 heavy (non-hydrogen) atoms. The van der Waals surface area contributed by atoms with Crippen LogP contribution in [0, 0.1) is 0 Å². The highest BCUT2D eigenvalue weighted by Gasteiger charge is 2.15. The standard InChI is InChI=1S/C20H25NS2/c1-13(2)19-6-5-18(23-19)9-14(3)17-10-20(22-12-17)15(4)16-7-8-21-11-16/h5-8,10-15,21H,9H2,1-4H3. The van der Waals surface area contributed by atoms with E-state index in [1.165, 1.54) is 25.8 Å². The molecule has 1 N–H and O–H groups in total. The van der Waals surface area contributed by atoms with E-state index in [-0.39, 0.29) is 0 Å². The van der Waals surface area contributed by atoms with Crippen molar-refractivity contribution in [2.45, 2.75) is 51.9 Å². The van der Waals surface area contributed by atoms with Crippen LogP contribution in [0.5, 0.6) is 0 Å². The Balaban J connectivity index is 1.69. The molecule has 3 aromatic rings. The lowest BCUT2D eigenvalue weighted by atomic mass is 9.97. The number of hydrogen-bond donors (Lipinski definition) is 1. The molecule has 3 aromatic heterocycles. The Bertz CT molecular complexity index is 733. The summed E-state index contributed by atoms with van der Waals surface area (Å²) in [5.41, 5.74) is 2.85. The van der Waals surface area contributed by atoms with E-state index >= 15 is 0 Å². The molecular weight excluding hydrogens is 318 g/mol. The van der Waals surface area contributed by atoms with Crippen LogP contribution in [0.2, 0.25) is 0 Å². The fraction of sp³-hybridized carbons (Fsp3) is 0.400. The predicted octanol–water partition coefficient (Wildman–Crippen LogP) is 6.76. The number of rotatable bonds is 6. The average molecular weight is 344 g/mol. The van der Waals surface area contributed by atoms with Crippen LogP contribution in [0.25, 0.3) is 0 Å². The summed E-state index contributed by atoms with van der Waals surface area (Å²) in [5.74, 6) is 1.69. The van der Waals surface area contributed by atoms with Crippen LogP contribution in [0.15, 0.2) is 42.0 Å². The van der Waals surface area contributed by atoms with Gasteiger partial charge in [0.15, 0.2) is 0 Å². The van der Waals surface area contributed by atoms with Gasteiger partial charge in [-0.1, -0.05) is 27.7 Å². The third-order valence-corrected chi connectivity index (χ3v) is 7.06. The molecule has 0 aliphatic rings. The van der Waals surface area contributed by atoms with E-state index in [9.17, 15) is 0 Å². The molecule has 3 rings (SSSR count). The first-order chi connectivity index (χ1) is 11.0. The molecule has 0 aliphatic heterocycles. The van der Waals surface area contributed by atoms with Gasteiger partial charge in [0.2, 0.25) is 0 Å². The molecule has 0 fully saturated rings. The van der Waals surface area contributed by atoms with Gasteiger partial charge in [-0.25, -0.2) is 0 Å². The number of hydrogen-bond acceptors (Lipinski definition) is 2. The van der Waals surface area contributed by atoms with Crippen molar-refractivity contribution in [2.24, 2.45) is 0 Å². The molecule has 0 amide bonds. The van der Waals surface area contributed by atoms with Gasteiger partial charge in [-0.15, -0.1) is 22.7 Å². The van der Waals surface area contributed by atoms with Gasteiger partial charge in [-0.2, -0.15) is 0 Å². The van der Waals surface area contributed by atoms with Gasteiger partial charge >= 0.3 is 0 Å². The number of thiophene rings is 2. The average Bonchev–Trinajstić information content (AvgIpc) is 3.27. The summed E-state index contributed by atoms with van der Waals surface area (Å²) in [6.07, 6.45) is 5.25. The number of nitrogens with one attached hydrogen (secondary N) is 1. The van der Waals surface area contributed by atoms with Crippen molar-refractivity contribution in [2.75, 3.05) is 0 Å². The van der Waals surface area contributed by atoms with Crippen LogP contribution in [-0.4, -0.2) is 4.98 Å². The fourth-order valence-corrected chi connectivity index (χ4v) is 5.12. The molecule has 0 aliphatic carbocycles. The number of aromatic amines is 1. The minimum atomic E-state index is 0.474. The summed E-state index contributed by atoms with van der Waals surface area (Å²) in [6.45, 7) is 9.18. The highest BCUT2D eigenvalue weighted by atomic mass is 32.1. The van der Waals surface area contributed by atoms with E-state index in [0.717, 1.165) is 6.42 Å². The van der Waals surface area contributed by atoms with Crippen LogP contribution in [0.4, 0.5) is 0 Å². The summed E-state index contributed by atoms with van der Waals surface area (Å²) in [5, 5.41) is 2.35. The number of aromatic nitrogens is 1. The molecule has 3 heteroatoms. The Labute approximate surface area is 147 Å². The Kier molecular flexibility index (Phi) is 5.08. The van der Waals surface area contributed by atoms with E-state index in [4.69, 9.17) is 0 Å². The molecule has 0 bridgehead atoms. The van der Waals surface area contributed by atoms with Crippen molar-refractivity contribution in [3.63, 3.8) is 0 Å². The van der Waals surface area contributed by atoms with E-state index in [2.05, 4.69) is 68.5 Å². The zero-order chi connectivity index (χ0) is 16.4. The Hall–Kier alpha value is -1.32. The van der Waals surface area contributed by atoms with Crippen LogP contribution in [0.3, 0.4) is 0 Å². The molecule has 0 radical (unpaired) electrons. The summed E-state index contributed by atoms with van der Waals surface area (Å²) in [7, 11) is 0. The molecule has 0 spiro atoms. The highest BCUT2D eigenvalue weighted by molar-refractivity contribution is 7.12. The van der Waals surface area contributed by atoms with Crippen molar-refractivity contribution < 1.29 is 0 Å². The minimum absolute atomic E-state index is 0.474. The topological polar surface area (TPSA) is 15.8 Å². The van der Waals surface area contributed by atoms with E-state index in [1.54, 1.807) is 0 Å². The third-order valence-electron chi connectivity index (χ3n) is 4.52. The second-order valence-electron chi connectivity index (χ2n) is 6.71. The summed E-state index contributed by atoms with van der Waals surface area (Å²) in [4.78, 5) is 7.63. The summed E-state index contributed by atoms with van der Waals surface area (Å²) < 4.78 is 0. The maximum absolute atomic E-state index is 3.16. The number of H-pyrrole nitrogens is 1. The van der Waals surface area contributed by atoms with E-state index in [0.29, 0.717) is 17.8 Å². The largest absolute Gasteiger partial charge is 0.367 e. The Morgan fingerprint density at radius 3 is 2.48 bits per heavy atom. The monoisotopic (exact) mass is 343 g/mol. The van der Waals surface area contributed by atoms with Gasteiger partial charge in [0.25, 0.3) is 0 Å². The van der Waals surface area contributed by atoms with Crippen LogP contribution >= 0.6 is 22.7 Å². The third kappa shape index (κ3) is 3.78. The smallest absolute Gasteiger partial charge is 0.0170 e. The van der Waals surface area contributed by atoms with Gasteiger partial charge < -0.3 is 4.98 Å². The zero-order valence-corrected chi connectivity index (χ0v) is 15.9. The molecule has 0 aromatic carbocycles. The summed E-state index contributed by atoms with van der Waals surface area (Å²) in [6, 6.07) is 9.19. The molecule has 2 atom stereocenters. The normalized spacial score (nSPS) is 14.3. The highest BCUT2D eigenvalue weighted by Crippen LogP contribution is 2.34. The first-order valence-electron chi connectivity index (χ1n) is 8.34. The van der Waals surface area contributed by atoms with Crippen molar-refractivity contribution in [3.8, 4) is 0 Å². The molecule has 122 valence electrons. The first kappa shape index (κ1) is 16.5. The molecule has 1 nitrogen and oxygen atoms in total. The molecule has 3 heterocycles. The van der Waals surface area contributed by atoms with Gasteiger partial charge in [0, 0.05) is 32.9 Å². The molecule has 2 unspecified atom stereocenters. The van der Waals surface area contributed by atoms with Crippen LogP contribution in [-0.2, 0) is 6.42 Å². The lowest BCUT2D eigenvalue weighted by Gasteiger charge is -2.09. The fourth-order valence-electron chi connectivity index (χ4n) is 2.86. The van der Waals surface area contributed by atoms with Crippen molar-refractivity contribution in [1.82, 2.24) is 4.98 Å². The van der Waals surface area contributed by atoms with Crippen LogP contribution in [0.1, 0.15) is 71.2 Å². The van der Waals surface area contributed by atoms with Crippen LogP contribution < -0.4 is 0 Å². The van der Waals surface area contributed by atoms with Gasteiger partial charge in [0.05, 0.1) is 0 Å². The van der Waals surface area contributed by atoms with Gasteiger partial charge in [-0.3, -0.25) is 0 Å². The maximum Gasteiger partial charge on any atom is 0.0170 e. The zero-order valence-electron chi connectivity index (χ0n) is 14.3. The SMILES string of the molecule is CC(C)c1ccc(CC(C)c2csc(C(C)c3cc[nH]c3)c2)s1. The molecular formula is C20H25NS2. The Morgan fingerprint density at radius 1 is 1.00 bits per heavy atom. The second-order valence-corrected chi connectivity index (χ2v) is 8.86. The minimum Gasteiger partial charge on any atom is -0.367 e. The lowest BCUT2D eigenvalue weighted by molar-refractivity contribution is 0.770. The van der Waals surface area contributed by atoms with E-state index in [1.807, 2.05) is 28.9 Å². The van der Waals surface area contributed by atoms with Crippen molar-refractivity contribution in [3.05, 3.63) is 67.8 Å². The van der Waals surface area contributed by atoms with Gasteiger partial charge in [-0.05, 0) is 59.0 Å². The first-order valence-corrected chi connectivity index (χ1v) is 10.0. The van der Waals surface area contributed by atoms with Gasteiger partial charge in [0.1, 0.15) is 0 Å². The maximum atomic E-state index is 3.16. The molecule has 0 saturated carbocycles. The predicted molar refractivity (Wildman–Crippen MR) is 103 cm³/mol. The lowest BCUT2D eigenvalue weighted by Crippen LogP contribution is -1.95. The van der Waals surface area contributed by atoms with Crippen molar-refractivity contribution in [1.29, 1.82) is 0 Å². The van der Waals surface area contributed by atoms with Crippen molar-refractivity contribution >= 4 is 22.7 Å². The quantitative estimate of drug-likeness (QED) is 0.509. The van der Waals surface area contributed by atoms with E-state index < -0.39 is 0 Å². The second kappa shape index (κ2) is 7.06. The summed E-state index contributed by atoms with van der Waals surface area (Å²) >= 11 is 3.87. The Morgan fingerprint density at radius 2 is 1.83 bits per heavy atom.